The zero-order valence-electron chi connectivity index (χ0n) is 25.7. The summed E-state index contributed by atoms with van der Waals surface area (Å²) in [4.78, 5) is 50.9. The van der Waals surface area contributed by atoms with E-state index in [1.807, 2.05) is 6.08 Å². The molecule has 0 saturated carbocycles. The number of aliphatic hydroxyl groups is 1. The lowest BCUT2D eigenvalue weighted by molar-refractivity contribution is -0.137. The number of rotatable bonds is 5. The second kappa shape index (κ2) is 12.3. The van der Waals surface area contributed by atoms with Crippen LogP contribution >= 0.6 is 11.6 Å². The van der Waals surface area contributed by atoms with Gasteiger partial charge in [0.05, 0.1) is 40.2 Å². The van der Waals surface area contributed by atoms with E-state index < -0.39 is 47.4 Å². The van der Waals surface area contributed by atoms with Crippen molar-refractivity contribution in [2.45, 2.75) is 63.1 Å². The Morgan fingerprint density at radius 1 is 1.18 bits per heavy atom. The maximum Gasteiger partial charge on any atom is 0.416 e. The van der Waals surface area contributed by atoms with Crippen LogP contribution in [-0.2, 0) is 34.5 Å². The normalized spacial score (nSPS) is 18.8. The molecule has 1 aromatic carbocycles. The number of carbonyl (C=O) groups excluding carboxylic acids is 2. The fourth-order valence-electron chi connectivity index (χ4n) is 6.61. The van der Waals surface area contributed by atoms with Crippen molar-refractivity contribution in [2.75, 3.05) is 18.4 Å². The molecule has 13 nitrogen and oxygen atoms in total. The van der Waals surface area contributed by atoms with Gasteiger partial charge in [0, 0.05) is 19.3 Å². The van der Waals surface area contributed by atoms with Gasteiger partial charge < -0.3 is 29.7 Å². The van der Waals surface area contributed by atoms with Gasteiger partial charge in [-0.25, -0.2) is 4.98 Å². The van der Waals surface area contributed by atoms with Crippen LogP contribution in [0.5, 0.6) is 5.75 Å². The number of halogens is 4. The number of fused-ring (bicyclic) bond motifs is 3. The summed E-state index contributed by atoms with van der Waals surface area (Å²) in [5, 5.41) is 26.9. The number of aromatic hydroxyl groups is 1. The molecule has 1 saturated heterocycles. The summed E-state index contributed by atoms with van der Waals surface area (Å²) >= 11 is 6.09. The lowest BCUT2D eigenvalue weighted by atomic mass is 9.85. The standard InChI is InChI=1S/C32H29ClF3N7O6/c33-20-14-18(32(34,35)36)5-8-21(20)38-24(46)15-42-22-16-49-31(9-12-41(13-10-31)29(48)26-23(45)2-1-11-37-26)25(22)28(47)43-30(42)39-27(40-43)17-3-6-19(44)7-4-17/h1-3,5,8,11,14,19,44-45H,4,6-7,9-10,12-13,15-16H2,(H,38,46). The summed E-state index contributed by atoms with van der Waals surface area (Å²) in [5.41, 5.74) is -1.35. The third-order valence-electron chi connectivity index (χ3n) is 9.18. The molecule has 5 heterocycles. The smallest absolute Gasteiger partial charge is 0.416 e. The summed E-state index contributed by atoms with van der Waals surface area (Å²) in [7, 11) is 0. The van der Waals surface area contributed by atoms with Crippen LogP contribution in [0.3, 0.4) is 0 Å². The van der Waals surface area contributed by atoms with Crippen LogP contribution in [0.15, 0.2) is 47.4 Å². The largest absolute Gasteiger partial charge is 0.505 e. The van der Waals surface area contributed by atoms with Gasteiger partial charge in [-0.15, -0.1) is 5.10 Å². The Labute approximate surface area is 280 Å². The summed E-state index contributed by atoms with van der Waals surface area (Å²) < 4.78 is 48.4. The first-order valence-corrected chi connectivity index (χ1v) is 15.9. The van der Waals surface area contributed by atoms with Crippen molar-refractivity contribution < 1.29 is 37.7 Å². The Balaban J connectivity index is 1.24. The van der Waals surface area contributed by atoms with E-state index in [1.54, 1.807) is 0 Å². The number of pyridine rings is 1. The maximum absolute atomic E-state index is 14.2. The predicted octanol–water partition coefficient (Wildman–Crippen LogP) is 3.89. The van der Waals surface area contributed by atoms with E-state index in [4.69, 9.17) is 16.3 Å². The monoisotopic (exact) mass is 699 g/mol. The minimum atomic E-state index is -4.62. The number of aromatic nitrogens is 5. The quantitative estimate of drug-likeness (QED) is 0.280. The molecule has 3 aromatic heterocycles. The number of aliphatic hydroxyl groups excluding tert-OH is 1. The van der Waals surface area contributed by atoms with Crippen LogP contribution in [0.1, 0.15) is 65.2 Å². The molecule has 3 N–H and O–H groups in total. The van der Waals surface area contributed by atoms with Crippen LogP contribution in [-0.4, -0.2) is 70.3 Å². The number of likely N-dealkylation sites (tertiary alicyclic amines) is 1. The van der Waals surface area contributed by atoms with Gasteiger partial charge in [0.25, 0.3) is 11.5 Å². The lowest BCUT2D eigenvalue weighted by Gasteiger charge is -2.38. The highest BCUT2D eigenvalue weighted by Gasteiger charge is 2.48. The number of hydrogen-bond acceptors (Lipinski definition) is 9. The Hall–Kier alpha value is -4.80. The molecule has 49 heavy (non-hydrogen) atoms. The number of allylic oxidation sites excluding steroid dienone is 1. The third kappa shape index (κ3) is 5.93. The molecule has 1 unspecified atom stereocenters. The zero-order chi connectivity index (χ0) is 34.7. The van der Waals surface area contributed by atoms with Crippen molar-refractivity contribution in [3.05, 3.63) is 86.3 Å². The molecule has 2 aliphatic heterocycles. The van der Waals surface area contributed by atoms with Gasteiger partial charge in [-0.2, -0.15) is 22.7 Å². The molecule has 2 amide bonds. The van der Waals surface area contributed by atoms with Crippen molar-refractivity contribution in [1.82, 2.24) is 29.0 Å². The zero-order valence-corrected chi connectivity index (χ0v) is 26.5. The average molecular weight is 700 g/mol. The van der Waals surface area contributed by atoms with E-state index in [2.05, 4.69) is 20.4 Å². The fourth-order valence-corrected chi connectivity index (χ4v) is 6.84. The van der Waals surface area contributed by atoms with Crippen molar-refractivity contribution in [1.29, 1.82) is 0 Å². The Kier molecular flexibility index (Phi) is 8.19. The maximum atomic E-state index is 14.2. The molecule has 1 aliphatic carbocycles. The molecule has 0 bridgehead atoms. The second-order valence-electron chi connectivity index (χ2n) is 12.2. The first kappa shape index (κ1) is 32.7. The number of ether oxygens (including phenoxy) is 1. The summed E-state index contributed by atoms with van der Waals surface area (Å²) in [6.07, 6.45) is -0.112. The average Bonchev–Trinajstić information content (AvgIpc) is 3.68. The number of nitrogens with zero attached hydrogens (tertiary/aromatic N) is 6. The lowest BCUT2D eigenvalue weighted by Crippen LogP contribution is -2.47. The van der Waals surface area contributed by atoms with Crippen molar-refractivity contribution in [3.63, 3.8) is 0 Å². The van der Waals surface area contributed by atoms with E-state index in [0.717, 1.165) is 28.3 Å². The molecule has 1 spiro atoms. The number of alkyl halides is 3. The van der Waals surface area contributed by atoms with Crippen LogP contribution in [0.4, 0.5) is 18.9 Å². The van der Waals surface area contributed by atoms with Crippen molar-refractivity contribution >= 4 is 40.5 Å². The molecular weight excluding hydrogens is 671 g/mol. The molecule has 1 atom stereocenters. The molecule has 1 fully saturated rings. The molecular formula is C32H29ClF3N7O6. The highest BCUT2D eigenvalue weighted by molar-refractivity contribution is 6.33. The third-order valence-corrected chi connectivity index (χ3v) is 9.50. The number of carbonyl (C=O) groups is 2. The number of nitrogens with one attached hydrogen (secondary N) is 1. The number of hydrogen-bond donors (Lipinski definition) is 3. The highest BCUT2D eigenvalue weighted by atomic mass is 35.5. The van der Waals surface area contributed by atoms with Gasteiger partial charge in [0.1, 0.15) is 17.9 Å². The summed E-state index contributed by atoms with van der Waals surface area (Å²) in [6, 6.07) is 5.46. The Bertz CT molecular complexity index is 2090. The van der Waals surface area contributed by atoms with Crippen molar-refractivity contribution in [2.24, 2.45) is 0 Å². The van der Waals surface area contributed by atoms with Crippen molar-refractivity contribution in [3.8, 4) is 5.75 Å². The van der Waals surface area contributed by atoms with E-state index in [1.165, 1.54) is 27.8 Å². The first-order chi connectivity index (χ1) is 23.3. The molecule has 3 aliphatic rings. The number of piperidine rings is 1. The summed E-state index contributed by atoms with van der Waals surface area (Å²) in [6.45, 7) is -0.128. The molecule has 7 rings (SSSR count). The van der Waals surface area contributed by atoms with Crippen LogP contribution in [0, 0.1) is 0 Å². The van der Waals surface area contributed by atoms with Gasteiger partial charge in [-0.1, -0.05) is 17.7 Å². The number of benzene rings is 1. The SMILES string of the molecule is O=C(Cn1c2c(c(=O)n3nc(C4=CCC(O)CC4)nc13)C1(CCN(C(=O)c3ncccc3O)CC1)OC2)Nc1ccc(C(F)(F)F)cc1Cl. The summed E-state index contributed by atoms with van der Waals surface area (Å²) in [5.74, 6) is -1.06. The van der Waals surface area contributed by atoms with Crippen LogP contribution in [0.25, 0.3) is 11.4 Å². The van der Waals surface area contributed by atoms with Gasteiger partial charge in [-0.3, -0.25) is 14.4 Å². The van der Waals surface area contributed by atoms with Gasteiger partial charge >= 0.3 is 6.18 Å². The van der Waals surface area contributed by atoms with E-state index in [-0.39, 0.29) is 71.9 Å². The topological polar surface area (TPSA) is 164 Å². The second-order valence-corrected chi connectivity index (χ2v) is 12.6. The number of anilines is 1. The first-order valence-electron chi connectivity index (χ1n) is 15.5. The van der Waals surface area contributed by atoms with E-state index >= 15 is 0 Å². The van der Waals surface area contributed by atoms with Gasteiger partial charge in [0.15, 0.2) is 11.5 Å². The van der Waals surface area contributed by atoms with Crippen LogP contribution in [0.2, 0.25) is 5.02 Å². The molecule has 256 valence electrons. The fraction of sp³-hybridized carbons (Fsp3) is 0.375. The minimum absolute atomic E-state index is 0.0369. The Morgan fingerprint density at radius 2 is 1.96 bits per heavy atom. The Morgan fingerprint density at radius 3 is 2.63 bits per heavy atom. The van der Waals surface area contributed by atoms with Gasteiger partial charge in [-0.05, 0) is 68.0 Å². The minimum Gasteiger partial charge on any atom is -0.505 e. The molecule has 4 aromatic rings. The van der Waals surface area contributed by atoms with E-state index in [9.17, 15) is 37.8 Å². The highest BCUT2D eigenvalue weighted by Crippen LogP contribution is 2.43. The molecule has 17 heteroatoms. The van der Waals surface area contributed by atoms with E-state index in [0.29, 0.717) is 25.0 Å². The predicted molar refractivity (Wildman–Crippen MR) is 168 cm³/mol. The van der Waals surface area contributed by atoms with Gasteiger partial charge in [0.2, 0.25) is 11.7 Å². The van der Waals surface area contributed by atoms with Crippen LogP contribution < -0.4 is 10.9 Å². The molecule has 0 radical (unpaired) electrons. The number of amides is 2.